The van der Waals surface area contributed by atoms with E-state index in [0.29, 0.717) is 31.3 Å². The lowest BCUT2D eigenvalue weighted by atomic mass is 9.40. The van der Waals surface area contributed by atoms with Gasteiger partial charge in [-0.05, 0) is 148 Å². The molecule has 1 amide bonds. The van der Waals surface area contributed by atoms with E-state index < -0.39 is 40.2 Å². The Bertz CT molecular complexity index is 1810. The molecule has 0 bridgehead atoms. The van der Waals surface area contributed by atoms with Gasteiger partial charge < -0.3 is 24.4 Å². The number of hydrogen-bond acceptors (Lipinski definition) is 8. The van der Waals surface area contributed by atoms with E-state index in [-0.39, 0.29) is 70.2 Å². The van der Waals surface area contributed by atoms with Crippen molar-refractivity contribution < 1.29 is 41.5 Å². The van der Waals surface area contributed by atoms with Gasteiger partial charge in [-0.3, -0.25) is 14.0 Å². The van der Waals surface area contributed by atoms with Crippen LogP contribution in [0.1, 0.15) is 136 Å². The molecule has 2 saturated heterocycles. The van der Waals surface area contributed by atoms with Gasteiger partial charge >= 0.3 is 12.1 Å². The molecule has 63 heavy (non-hydrogen) atoms. The summed E-state index contributed by atoms with van der Waals surface area (Å²) in [6, 6.07) is 6.81. The van der Waals surface area contributed by atoms with Crippen molar-refractivity contribution in [3.05, 3.63) is 29.3 Å². The molecule has 7 unspecified atom stereocenters. The summed E-state index contributed by atoms with van der Waals surface area (Å²) in [5.74, 6) is 0.250. The molecule has 13 atom stereocenters. The average Bonchev–Trinajstić information content (AvgIpc) is 3.50. The maximum Gasteiger partial charge on any atom is 0.415 e. The number of ether oxygens (including phenoxy) is 2. The molecule has 15 heteroatoms. The Morgan fingerprint density at radius 2 is 1.71 bits per heavy atom. The Morgan fingerprint density at radius 1 is 1.02 bits per heavy atom. The number of hydrogen-bond donors (Lipinski definition) is 1. The number of piperidine rings is 2. The van der Waals surface area contributed by atoms with E-state index in [1.54, 1.807) is 16.3 Å². The van der Waals surface area contributed by atoms with Gasteiger partial charge in [0.2, 0.25) is 0 Å². The van der Waals surface area contributed by atoms with Crippen LogP contribution in [0.25, 0.3) is 0 Å². The summed E-state index contributed by atoms with van der Waals surface area (Å²) in [6.07, 6.45) is 13.1. The minimum Gasteiger partial charge on any atom is -0.461 e. The number of likely N-dealkylation sites (tertiary alicyclic amines) is 2. The third-order valence-electron chi connectivity index (χ3n) is 16.7. The molecule has 2 saturated carbocycles. The van der Waals surface area contributed by atoms with Crippen LogP contribution in [0.5, 0.6) is 5.75 Å². The van der Waals surface area contributed by atoms with Crippen molar-refractivity contribution >= 4 is 47.6 Å². The zero-order valence-electron chi connectivity index (χ0n) is 38.7. The van der Waals surface area contributed by atoms with Gasteiger partial charge in [-0.1, -0.05) is 72.0 Å². The minimum atomic E-state index is -3.57. The zero-order chi connectivity index (χ0) is 46.0. The first kappa shape index (κ1) is 50.8. The third kappa shape index (κ3) is 10.9. The quantitative estimate of drug-likeness (QED) is 0.0942. The molecule has 3 aliphatic carbocycles. The van der Waals surface area contributed by atoms with Crippen molar-refractivity contribution in [2.24, 2.45) is 39.5 Å². The zero-order valence-corrected chi connectivity index (χ0v) is 41.9. The van der Waals surface area contributed by atoms with E-state index >= 15 is 0 Å². The van der Waals surface area contributed by atoms with Gasteiger partial charge in [-0.25, -0.2) is 9.18 Å². The molecule has 9 nitrogen and oxygen atoms in total. The molecule has 0 aromatic heterocycles. The molecule has 1 N–H and O–H groups in total. The molecule has 5 aliphatic rings. The molecule has 4 fully saturated rings. The van der Waals surface area contributed by atoms with Gasteiger partial charge in [-0.15, -0.1) is 0 Å². The lowest BCUT2D eigenvalue weighted by Gasteiger charge is -2.64. The summed E-state index contributed by atoms with van der Waals surface area (Å²) in [6.45, 7) is 14.6. The number of rotatable bonds is 17. The van der Waals surface area contributed by atoms with Crippen LogP contribution in [0.2, 0.25) is 0 Å². The van der Waals surface area contributed by atoms with Crippen molar-refractivity contribution in [2.75, 3.05) is 45.6 Å². The molecule has 6 rings (SSSR count). The number of fused-ring (bicyclic) bond motifs is 5. The van der Waals surface area contributed by atoms with Crippen LogP contribution in [0.3, 0.4) is 0 Å². The van der Waals surface area contributed by atoms with Crippen LogP contribution in [-0.4, -0.2) is 111 Å². The standard InChI is InChI=1S/C48H76F3N3O6P2S/c1-32(27-33(2)63(58)26-10-18-47(49,61)48(50,51)62)11-12-34-28-35-29-38(59-43(57)54-24-16-37(17-25-54)53-22-8-7-9-23-53)13-14-39(35)44(3)20-21-45(4)40(15-19-46(45,5)41(34)44)60-42(56)36(31-55)30-52-6/h13-14,29-30,32-34,36-37,40-41,55H,7-12,15-28,31,61-62H2,1-6H3/t32?,33?,34-,36?,40+,41-,44-,45-,46+,47?,63?/m1/s1. The highest BCUT2D eigenvalue weighted by molar-refractivity contribution is 7.85. The van der Waals surface area contributed by atoms with Gasteiger partial charge in [0, 0.05) is 59.6 Å². The number of aliphatic hydroxyl groups is 1. The highest BCUT2D eigenvalue weighted by Crippen LogP contribution is 2.71. The number of alkyl halides is 3. The highest BCUT2D eigenvalue weighted by atomic mass is 32.2. The number of carbonyl (C=O) groups excluding carboxylic acids is 2. The minimum absolute atomic E-state index is 0.103. The first-order valence-corrected chi connectivity index (χ1v) is 26.3. The molecule has 2 heterocycles. The Labute approximate surface area is 382 Å². The largest absolute Gasteiger partial charge is 0.461 e. The second-order valence-electron chi connectivity index (χ2n) is 20.8. The van der Waals surface area contributed by atoms with Gasteiger partial charge in [0.25, 0.3) is 5.66 Å². The molecular formula is C48H76F3N3O6P2S. The number of amides is 1. The Balaban J connectivity index is 1.19. The number of nitrogens with zero attached hydrogens (tertiary/aromatic N) is 3. The average molecular weight is 942 g/mol. The summed E-state index contributed by atoms with van der Waals surface area (Å²) in [4.78, 5) is 35.4. The molecule has 0 spiro atoms. The van der Waals surface area contributed by atoms with Crippen molar-refractivity contribution in [3.8, 4) is 5.75 Å². The van der Waals surface area contributed by atoms with Crippen LogP contribution in [0, 0.1) is 34.5 Å². The molecule has 0 radical (unpaired) electrons. The van der Waals surface area contributed by atoms with E-state index in [2.05, 4.69) is 49.7 Å². The van der Waals surface area contributed by atoms with Crippen LogP contribution in [-0.2, 0) is 32.2 Å². The summed E-state index contributed by atoms with van der Waals surface area (Å²) < 4.78 is 67.6. The fourth-order valence-electron chi connectivity index (χ4n) is 12.9. The molecule has 1 aromatic rings. The van der Waals surface area contributed by atoms with Gasteiger partial charge in [0.15, 0.2) is 5.41 Å². The molecule has 356 valence electrons. The van der Waals surface area contributed by atoms with Crippen molar-refractivity contribution in [2.45, 2.75) is 165 Å². The van der Waals surface area contributed by atoms with E-state index in [0.717, 1.165) is 70.9 Å². The van der Waals surface area contributed by atoms with E-state index in [1.165, 1.54) is 45.8 Å². The fraction of sp³-hybridized carbons (Fsp3) is 0.812. The van der Waals surface area contributed by atoms with Crippen LogP contribution < -0.4 is 4.74 Å². The Morgan fingerprint density at radius 3 is 2.37 bits per heavy atom. The number of halogens is 3. The number of benzene rings is 1. The topological polar surface area (TPSA) is 109 Å². The van der Waals surface area contributed by atoms with Crippen molar-refractivity contribution in [3.63, 3.8) is 0 Å². The first-order valence-electron chi connectivity index (χ1n) is 23.8. The maximum atomic E-state index is 14.5. The Kier molecular flexibility index (Phi) is 16.7. The summed E-state index contributed by atoms with van der Waals surface area (Å²) in [7, 11) is 3.20. The lowest BCUT2D eigenvalue weighted by molar-refractivity contribution is -0.172. The number of aliphatic imine (C=N–C) groups is 1. The summed E-state index contributed by atoms with van der Waals surface area (Å²) >= 11 is 0. The summed E-state index contributed by atoms with van der Waals surface area (Å²) in [5.41, 5.74) is -1.73. The lowest BCUT2D eigenvalue weighted by Crippen LogP contribution is -2.60. The SMILES string of the molecule is CN=CC(CO)C(=O)O[C@H]1CC[C@@]2(C)[C@@H]3[C@H](CCC(C)CC(C)S(=O)CCCC(F)(P)C(F)(F)P)Cc4cc(OC(=O)N5CCC(N6CCCCC6)CC5)ccc4[C@@]3(C)CC[C@]12C. The number of aliphatic hydroxyl groups excluding tert-OH is 1. The first-order chi connectivity index (χ1) is 29.7. The van der Waals surface area contributed by atoms with E-state index in [4.69, 9.17) is 9.47 Å². The predicted octanol–water partition coefficient (Wildman–Crippen LogP) is 9.74. The fourth-order valence-corrected chi connectivity index (χ4v) is 14.6. The number of esters is 1. The van der Waals surface area contributed by atoms with E-state index in [1.807, 2.05) is 17.9 Å². The highest BCUT2D eigenvalue weighted by Gasteiger charge is 2.68. The third-order valence-corrected chi connectivity index (χ3v) is 20.0. The smallest absolute Gasteiger partial charge is 0.415 e. The van der Waals surface area contributed by atoms with Crippen molar-refractivity contribution in [1.82, 2.24) is 9.80 Å². The van der Waals surface area contributed by atoms with Crippen LogP contribution in [0.15, 0.2) is 23.2 Å². The monoisotopic (exact) mass is 941 g/mol. The molecular weight excluding hydrogens is 866 g/mol. The second-order valence-corrected chi connectivity index (χ2v) is 24.4. The van der Waals surface area contributed by atoms with Crippen LogP contribution >= 0.6 is 18.5 Å². The number of carbonyl (C=O) groups is 2. The normalized spacial score (nSPS) is 32.2. The van der Waals surface area contributed by atoms with Crippen LogP contribution in [0.4, 0.5) is 18.0 Å². The van der Waals surface area contributed by atoms with Gasteiger partial charge in [0.1, 0.15) is 17.8 Å². The summed E-state index contributed by atoms with van der Waals surface area (Å²) in [5, 5.41) is 7.04. The predicted molar refractivity (Wildman–Crippen MR) is 253 cm³/mol. The van der Waals surface area contributed by atoms with Crippen molar-refractivity contribution in [1.29, 1.82) is 0 Å². The van der Waals surface area contributed by atoms with Gasteiger partial charge in [-0.2, -0.15) is 8.78 Å². The van der Waals surface area contributed by atoms with Gasteiger partial charge in [0.05, 0.1) is 6.61 Å². The molecule has 2 aliphatic heterocycles. The van der Waals surface area contributed by atoms with E-state index in [9.17, 15) is 32.1 Å². The maximum absolute atomic E-state index is 14.5. The second kappa shape index (κ2) is 20.7. The Hall–Kier alpha value is -1.65. The molecule has 1 aromatic carbocycles.